The first kappa shape index (κ1) is 24.6. The Morgan fingerprint density at radius 2 is 1.64 bits per heavy atom. The molecule has 10 nitrogen and oxygen atoms in total. The van der Waals surface area contributed by atoms with Crippen LogP contribution in [0, 0.1) is 0 Å². The van der Waals surface area contributed by atoms with E-state index in [2.05, 4.69) is 25.0 Å². The molecule has 11 heteroatoms. The molecule has 2 N–H and O–H groups in total. The average molecular weight is 506 g/mol. The van der Waals surface area contributed by atoms with Crippen LogP contribution in [0.5, 0.6) is 11.5 Å². The molecule has 3 amide bonds. The number of ether oxygens (including phenoxy) is 2. The second kappa shape index (κ2) is 10.4. The third kappa shape index (κ3) is 5.41. The minimum absolute atomic E-state index is 0.220. The number of fused-ring (bicyclic) bond motifs is 1. The van der Waals surface area contributed by atoms with Gasteiger partial charge in [0.15, 0.2) is 17.3 Å². The number of aromatic nitrogens is 2. The number of carbonyl (C=O) groups excluding carboxylic acids is 2. The van der Waals surface area contributed by atoms with Crippen LogP contribution in [0.2, 0.25) is 0 Å². The fourth-order valence-corrected chi connectivity index (χ4v) is 4.65. The highest BCUT2D eigenvalue weighted by Crippen LogP contribution is 2.35. The van der Waals surface area contributed by atoms with E-state index in [1.165, 1.54) is 32.9 Å². The van der Waals surface area contributed by atoms with E-state index in [1.807, 2.05) is 0 Å². The largest absolute Gasteiger partial charge is 0.493 e. The molecule has 0 aliphatic carbocycles. The number of nitrogens with zero attached hydrogens (tertiary/aromatic N) is 3. The Labute approximate surface area is 207 Å². The number of anilines is 1. The number of hydrogen-bond donors (Lipinski definition) is 2. The number of imide groups is 1. The van der Waals surface area contributed by atoms with Crippen LogP contribution in [0.4, 0.5) is 16.3 Å². The van der Waals surface area contributed by atoms with Crippen molar-refractivity contribution in [2.75, 3.05) is 25.8 Å². The number of hydrogen-bond acceptors (Lipinski definition) is 8. The van der Waals surface area contributed by atoms with Crippen molar-refractivity contribution in [2.24, 2.45) is 4.36 Å². The average Bonchev–Trinajstić information content (AvgIpc) is 2.88. The van der Waals surface area contributed by atoms with Crippen LogP contribution < -0.4 is 20.1 Å². The molecule has 1 unspecified atom stereocenters. The molecule has 0 spiro atoms. The molecule has 3 aromatic carbocycles. The van der Waals surface area contributed by atoms with Crippen molar-refractivity contribution in [3.8, 4) is 11.5 Å². The number of rotatable bonds is 6. The molecular weight excluding hydrogens is 482 g/mol. The summed E-state index contributed by atoms with van der Waals surface area (Å²) in [7, 11) is 0.0406. The summed E-state index contributed by atoms with van der Waals surface area (Å²) in [4.78, 5) is 33.3. The van der Waals surface area contributed by atoms with Gasteiger partial charge in [-0.2, -0.15) is 4.36 Å². The maximum absolute atomic E-state index is 13.6. The van der Waals surface area contributed by atoms with Gasteiger partial charge in [0, 0.05) is 33.9 Å². The topological polar surface area (TPSA) is 132 Å². The van der Waals surface area contributed by atoms with Crippen molar-refractivity contribution < 1.29 is 23.3 Å². The molecule has 4 aromatic rings. The maximum atomic E-state index is 13.6. The van der Waals surface area contributed by atoms with Gasteiger partial charge in [0.1, 0.15) is 6.33 Å². The van der Waals surface area contributed by atoms with Gasteiger partial charge < -0.3 is 14.8 Å². The molecule has 0 radical (unpaired) electrons. The van der Waals surface area contributed by atoms with Crippen molar-refractivity contribution in [1.29, 1.82) is 0 Å². The van der Waals surface area contributed by atoms with Crippen LogP contribution in [0.15, 0.2) is 82.3 Å². The lowest BCUT2D eigenvalue weighted by Crippen LogP contribution is -2.34. The normalized spacial score (nSPS) is 12.3. The van der Waals surface area contributed by atoms with Crippen molar-refractivity contribution in [1.82, 2.24) is 15.3 Å². The van der Waals surface area contributed by atoms with E-state index < -0.39 is 21.7 Å². The predicted octanol–water partition coefficient (Wildman–Crippen LogP) is 4.40. The van der Waals surface area contributed by atoms with Gasteiger partial charge in [-0.15, -0.1) is 0 Å². The number of nitrogens with one attached hydrogen (secondary N) is 2. The summed E-state index contributed by atoms with van der Waals surface area (Å²) in [6.45, 7) is 0. The van der Waals surface area contributed by atoms with Gasteiger partial charge in [0.05, 0.1) is 29.5 Å². The zero-order chi connectivity index (χ0) is 25.7. The summed E-state index contributed by atoms with van der Waals surface area (Å²) in [5.41, 5.74) is 1.24. The second-order valence-electron chi connectivity index (χ2n) is 7.62. The molecule has 0 bridgehead atoms. The first-order valence-electron chi connectivity index (χ1n) is 10.7. The third-order valence-corrected chi connectivity index (χ3v) is 6.82. The lowest BCUT2D eigenvalue weighted by Gasteiger charge is -2.11. The van der Waals surface area contributed by atoms with Crippen LogP contribution in [0.25, 0.3) is 10.9 Å². The molecule has 36 heavy (non-hydrogen) atoms. The molecule has 0 aliphatic rings. The van der Waals surface area contributed by atoms with Gasteiger partial charge in [-0.05, 0) is 36.4 Å². The molecule has 0 fully saturated rings. The Kier molecular flexibility index (Phi) is 7.11. The second-order valence-corrected chi connectivity index (χ2v) is 9.88. The molecule has 0 saturated carbocycles. The summed E-state index contributed by atoms with van der Waals surface area (Å²) in [5.74, 6) is 0.634. The molecule has 184 valence electrons. The van der Waals surface area contributed by atoms with Crippen molar-refractivity contribution in [3.63, 3.8) is 0 Å². The number of urea groups is 1. The molecule has 4 rings (SSSR count). The maximum Gasteiger partial charge on any atom is 0.326 e. The number of amides is 3. The molecule has 1 aromatic heterocycles. The van der Waals surface area contributed by atoms with Crippen molar-refractivity contribution >= 4 is 44.1 Å². The fraction of sp³-hybridized carbons (Fsp3) is 0.120. The summed E-state index contributed by atoms with van der Waals surface area (Å²) in [6.07, 6.45) is 2.80. The van der Waals surface area contributed by atoms with Crippen LogP contribution in [-0.4, -0.2) is 46.6 Å². The monoisotopic (exact) mass is 505 g/mol. The summed E-state index contributed by atoms with van der Waals surface area (Å²) in [6, 6.07) is 17.4. The molecule has 1 heterocycles. The van der Waals surface area contributed by atoms with Gasteiger partial charge in [0.25, 0.3) is 5.91 Å². The Morgan fingerprint density at radius 1 is 0.917 bits per heavy atom. The standard InChI is InChI=1S/C25H23N5O5S/c1-34-21-13-19-20(14-22(21)35-2)26-15-27-23(19)30-36(3,33)18-11-7-10-17(12-18)28-25(32)29-24(31)16-8-5-4-6-9-16/h4-15H,1-3H3,(H2,28,29,31,32). The van der Waals surface area contributed by atoms with Crippen LogP contribution in [0.1, 0.15) is 10.4 Å². The lowest BCUT2D eigenvalue weighted by atomic mass is 10.2. The van der Waals surface area contributed by atoms with E-state index in [9.17, 15) is 13.8 Å². The minimum Gasteiger partial charge on any atom is -0.493 e. The van der Waals surface area contributed by atoms with E-state index in [1.54, 1.807) is 60.7 Å². The number of carbonyl (C=O) groups is 2. The Morgan fingerprint density at radius 3 is 2.36 bits per heavy atom. The van der Waals surface area contributed by atoms with Crippen molar-refractivity contribution in [3.05, 3.63) is 78.6 Å². The van der Waals surface area contributed by atoms with E-state index >= 15 is 0 Å². The van der Waals surface area contributed by atoms with E-state index in [0.717, 1.165) is 0 Å². The highest BCUT2D eigenvalue weighted by atomic mass is 32.2. The van der Waals surface area contributed by atoms with Crippen LogP contribution in [0.3, 0.4) is 0 Å². The van der Waals surface area contributed by atoms with Gasteiger partial charge in [0.2, 0.25) is 0 Å². The first-order valence-corrected chi connectivity index (χ1v) is 12.6. The van der Waals surface area contributed by atoms with Gasteiger partial charge >= 0.3 is 6.03 Å². The van der Waals surface area contributed by atoms with E-state index in [0.29, 0.717) is 38.5 Å². The Hall–Kier alpha value is -4.51. The minimum atomic E-state index is -2.99. The molecule has 0 aliphatic heterocycles. The van der Waals surface area contributed by atoms with Gasteiger partial charge in [-0.3, -0.25) is 10.1 Å². The van der Waals surface area contributed by atoms with Crippen molar-refractivity contribution in [2.45, 2.75) is 4.90 Å². The molecule has 1 atom stereocenters. The smallest absolute Gasteiger partial charge is 0.326 e. The SMILES string of the molecule is COc1cc2ncnc(N=S(C)(=O)c3cccc(NC(=O)NC(=O)c4ccccc4)c3)c2cc1OC. The molecule has 0 saturated heterocycles. The van der Waals surface area contributed by atoms with E-state index in [4.69, 9.17) is 9.47 Å². The Balaban J connectivity index is 1.61. The summed E-state index contributed by atoms with van der Waals surface area (Å²) >= 11 is 0. The first-order chi connectivity index (χ1) is 17.3. The van der Waals surface area contributed by atoms with E-state index in [-0.39, 0.29) is 5.82 Å². The quantitative estimate of drug-likeness (QED) is 0.397. The summed E-state index contributed by atoms with van der Waals surface area (Å²) in [5, 5.41) is 5.38. The third-order valence-electron chi connectivity index (χ3n) is 5.17. The summed E-state index contributed by atoms with van der Waals surface area (Å²) < 4.78 is 28.7. The number of methoxy groups -OCH3 is 2. The van der Waals surface area contributed by atoms with Crippen LogP contribution >= 0.6 is 0 Å². The highest BCUT2D eigenvalue weighted by Gasteiger charge is 2.15. The number of benzene rings is 3. The van der Waals surface area contributed by atoms with Gasteiger partial charge in [-0.1, -0.05) is 24.3 Å². The van der Waals surface area contributed by atoms with Gasteiger partial charge in [-0.25, -0.2) is 19.0 Å². The Bertz CT molecular complexity index is 1570. The van der Waals surface area contributed by atoms with Crippen LogP contribution in [-0.2, 0) is 9.73 Å². The lowest BCUT2D eigenvalue weighted by molar-refractivity contribution is 0.0967. The highest BCUT2D eigenvalue weighted by molar-refractivity contribution is 7.93. The fourth-order valence-electron chi connectivity index (χ4n) is 3.40. The predicted molar refractivity (Wildman–Crippen MR) is 136 cm³/mol. The molecular formula is C25H23N5O5S. The zero-order valence-corrected chi connectivity index (χ0v) is 20.5. The zero-order valence-electron chi connectivity index (χ0n) is 19.7.